The van der Waals surface area contributed by atoms with Gasteiger partial charge in [-0.3, -0.25) is 0 Å². The van der Waals surface area contributed by atoms with Crippen molar-refractivity contribution in [3.63, 3.8) is 0 Å². The molecule has 4 aliphatic heterocycles. The van der Waals surface area contributed by atoms with E-state index in [9.17, 15) is 0 Å². The highest BCUT2D eigenvalue weighted by Crippen LogP contribution is 2.33. The van der Waals surface area contributed by atoms with Crippen LogP contribution in [-0.2, 0) is 0 Å². The van der Waals surface area contributed by atoms with Crippen LogP contribution in [0.15, 0.2) is 35.5 Å². The number of anilines is 2. The van der Waals surface area contributed by atoms with Gasteiger partial charge in [0.15, 0.2) is 0 Å². The van der Waals surface area contributed by atoms with Gasteiger partial charge in [0.25, 0.3) is 0 Å². The molecular formula is C21H31N7O. The van der Waals surface area contributed by atoms with Gasteiger partial charge in [-0.2, -0.15) is 0 Å². The second-order valence-corrected chi connectivity index (χ2v) is 8.91. The summed E-state index contributed by atoms with van der Waals surface area (Å²) in [6, 6.07) is 1.94. The molecule has 6 heterocycles. The minimum Gasteiger partial charge on any atom is -0.367 e. The lowest BCUT2D eigenvalue weighted by atomic mass is 9.97. The summed E-state index contributed by atoms with van der Waals surface area (Å²) < 4.78 is 5.17. The zero-order valence-electron chi connectivity index (χ0n) is 17.0. The summed E-state index contributed by atoms with van der Waals surface area (Å²) in [5.74, 6) is 0.913. The molecule has 0 aliphatic carbocycles. The second kappa shape index (κ2) is 7.91. The number of rotatable bonds is 2. The van der Waals surface area contributed by atoms with E-state index in [0.29, 0.717) is 11.1 Å². The highest BCUT2D eigenvalue weighted by Gasteiger charge is 2.41. The lowest BCUT2D eigenvalue weighted by Crippen LogP contribution is -2.42. The molecule has 6 rings (SSSR count). The minimum atomic E-state index is 0.368. The van der Waals surface area contributed by atoms with Gasteiger partial charge >= 0.3 is 0 Å². The van der Waals surface area contributed by atoms with Crippen molar-refractivity contribution in [1.29, 1.82) is 0 Å². The molecule has 2 N–H and O–H groups in total. The number of aromatic nitrogens is 3. The molecular weight excluding hydrogens is 366 g/mol. The van der Waals surface area contributed by atoms with E-state index in [1.54, 1.807) is 12.5 Å². The molecule has 4 aliphatic rings. The summed E-state index contributed by atoms with van der Waals surface area (Å²) in [6.45, 7) is 6.74. The van der Waals surface area contributed by atoms with E-state index in [1.807, 2.05) is 18.5 Å². The lowest BCUT2D eigenvalue weighted by molar-refractivity contribution is 0.402. The van der Waals surface area contributed by atoms with Gasteiger partial charge in [0.2, 0.25) is 5.88 Å². The van der Waals surface area contributed by atoms with Crippen molar-refractivity contribution in [3.8, 4) is 0 Å². The van der Waals surface area contributed by atoms with Crippen LogP contribution in [0.5, 0.6) is 0 Å². The van der Waals surface area contributed by atoms with Crippen LogP contribution in [0.2, 0.25) is 0 Å². The lowest BCUT2D eigenvalue weighted by Gasteiger charge is -2.24. The van der Waals surface area contributed by atoms with E-state index in [2.05, 4.69) is 35.6 Å². The van der Waals surface area contributed by atoms with Crippen molar-refractivity contribution in [2.24, 2.45) is 0 Å². The van der Waals surface area contributed by atoms with E-state index in [-0.39, 0.29) is 0 Å². The van der Waals surface area contributed by atoms with Crippen LogP contribution in [-0.4, -0.2) is 65.5 Å². The molecule has 0 radical (unpaired) electrons. The fourth-order valence-corrected chi connectivity index (χ4v) is 5.41. The molecule has 4 saturated heterocycles. The zero-order valence-corrected chi connectivity index (χ0v) is 17.0. The summed E-state index contributed by atoms with van der Waals surface area (Å²) in [5.41, 5.74) is 1.91. The van der Waals surface area contributed by atoms with Crippen LogP contribution in [0.3, 0.4) is 0 Å². The normalized spacial score (nSPS) is 31.0. The molecule has 2 spiro atoms. The quantitative estimate of drug-likeness (QED) is 0.794. The van der Waals surface area contributed by atoms with Crippen molar-refractivity contribution in [3.05, 3.63) is 31.0 Å². The van der Waals surface area contributed by atoms with Crippen LogP contribution in [0.4, 0.5) is 11.6 Å². The largest absolute Gasteiger partial charge is 0.367 e. The van der Waals surface area contributed by atoms with Crippen LogP contribution >= 0.6 is 0 Å². The molecule has 8 nitrogen and oxygen atoms in total. The third-order valence-corrected chi connectivity index (χ3v) is 7.02. The summed E-state index contributed by atoms with van der Waals surface area (Å²) in [5, 5.41) is 11.0. The Morgan fingerprint density at radius 3 is 2.10 bits per heavy atom. The topological polar surface area (TPSA) is 82.3 Å². The molecule has 0 aromatic carbocycles. The predicted molar refractivity (Wildman–Crippen MR) is 112 cm³/mol. The first-order valence-electron chi connectivity index (χ1n) is 10.9. The highest BCUT2D eigenvalue weighted by molar-refractivity contribution is 5.44. The summed E-state index contributed by atoms with van der Waals surface area (Å²) in [7, 11) is 0. The second-order valence-electron chi connectivity index (χ2n) is 8.91. The summed E-state index contributed by atoms with van der Waals surface area (Å²) in [6.07, 6.45) is 14.8. The van der Waals surface area contributed by atoms with Gasteiger partial charge in [-0.15, -0.1) is 0 Å². The van der Waals surface area contributed by atoms with E-state index >= 15 is 0 Å². The first-order valence-corrected chi connectivity index (χ1v) is 10.9. The molecule has 2 atom stereocenters. The van der Waals surface area contributed by atoms with Crippen molar-refractivity contribution < 1.29 is 4.52 Å². The number of nitrogens with zero attached hydrogens (tertiary/aromatic N) is 5. The SMILES string of the molecule is c1cc(N2CCC3(CCCN3)C2)on1.c1ncc(N2CCC3(CCCN3)C2)cn1. The monoisotopic (exact) mass is 397 g/mol. The average molecular weight is 398 g/mol. The Balaban J connectivity index is 0.000000125. The molecule has 0 amide bonds. The Bertz CT molecular complexity index is 770. The van der Waals surface area contributed by atoms with Crippen LogP contribution in [0, 0.1) is 0 Å². The fraction of sp³-hybridized carbons (Fsp3) is 0.667. The molecule has 0 saturated carbocycles. The zero-order chi connectivity index (χ0) is 19.6. The first kappa shape index (κ1) is 18.8. The third kappa shape index (κ3) is 3.96. The van der Waals surface area contributed by atoms with Gasteiger partial charge in [0, 0.05) is 43.3 Å². The molecule has 0 bridgehead atoms. The standard InChI is InChI=1S/C11H16N4.C10H15N3O/c1-2-11(14-4-1)3-5-15(8-11)10-6-12-9-13-7-10;1-3-10(11-5-1)4-7-13(8-10)9-2-6-12-14-9/h6-7,9,14H,1-5,8H2;2,6,11H,1,3-5,7-8H2. The third-order valence-electron chi connectivity index (χ3n) is 7.02. The summed E-state index contributed by atoms with van der Waals surface area (Å²) >= 11 is 0. The Labute approximate surface area is 172 Å². The van der Waals surface area contributed by atoms with Crippen molar-refractivity contribution in [2.75, 3.05) is 49.1 Å². The van der Waals surface area contributed by atoms with Gasteiger partial charge in [0.1, 0.15) is 6.33 Å². The minimum absolute atomic E-state index is 0.368. The maximum Gasteiger partial charge on any atom is 0.227 e. The molecule has 8 heteroatoms. The Morgan fingerprint density at radius 2 is 1.52 bits per heavy atom. The average Bonchev–Trinajstić information content (AvgIpc) is 3.59. The Hall–Kier alpha value is -2.19. The Morgan fingerprint density at radius 1 is 0.862 bits per heavy atom. The summed E-state index contributed by atoms with van der Waals surface area (Å²) in [4.78, 5) is 12.8. The molecule has 2 aromatic heterocycles. The van der Waals surface area contributed by atoms with Crippen LogP contribution < -0.4 is 20.4 Å². The van der Waals surface area contributed by atoms with Gasteiger partial charge in [0.05, 0.1) is 24.3 Å². The van der Waals surface area contributed by atoms with Gasteiger partial charge in [-0.25, -0.2) is 9.97 Å². The van der Waals surface area contributed by atoms with Gasteiger partial charge < -0.3 is 25.0 Å². The number of hydrogen-bond acceptors (Lipinski definition) is 8. The van der Waals surface area contributed by atoms with E-state index in [1.165, 1.54) is 51.6 Å². The maximum atomic E-state index is 5.17. The van der Waals surface area contributed by atoms with Crippen LogP contribution in [0.1, 0.15) is 38.5 Å². The number of hydrogen-bond donors (Lipinski definition) is 2. The van der Waals surface area contributed by atoms with Crippen molar-refractivity contribution in [1.82, 2.24) is 25.8 Å². The van der Waals surface area contributed by atoms with E-state index in [0.717, 1.165) is 37.8 Å². The Kier molecular flexibility index (Phi) is 5.13. The van der Waals surface area contributed by atoms with Gasteiger partial charge in [-0.1, -0.05) is 5.16 Å². The number of nitrogens with one attached hydrogen (secondary N) is 2. The van der Waals surface area contributed by atoms with E-state index < -0.39 is 0 Å². The molecule has 2 aromatic rings. The molecule has 4 fully saturated rings. The molecule has 29 heavy (non-hydrogen) atoms. The predicted octanol–water partition coefficient (Wildman–Crippen LogP) is 1.82. The van der Waals surface area contributed by atoms with E-state index in [4.69, 9.17) is 4.52 Å². The first-order chi connectivity index (χ1) is 14.3. The maximum absolute atomic E-state index is 5.17. The van der Waals surface area contributed by atoms with Gasteiger partial charge in [-0.05, 0) is 51.6 Å². The van der Waals surface area contributed by atoms with Crippen molar-refractivity contribution >= 4 is 11.6 Å². The molecule has 156 valence electrons. The molecule has 2 unspecified atom stereocenters. The van der Waals surface area contributed by atoms with Crippen LogP contribution in [0.25, 0.3) is 0 Å². The fourth-order valence-electron chi connectivity index (χ4n) is 5.41. The van der Waals surface area contributed by atoms with Crippen molar-refractivity contribution in [2.45, 2.75) is 49.6 Å². The highest BCUT2D eigenvalue weighted by atomic mass is 16.5. The smallest absolute Gasteiger partial charge is 0.227 e.